The molecule has 1 N–H and O–H groups in total. The Bertz CT molecular complexity index is 168. The van der Waals surface area contributed by atoms with E-state index >= 15 is 0 Å². The second-order valence-electron chi connectivity index (χ2n) is 5.72. The summed E-state index contributed by atoms with van der Waals surface area (Å²) in [6.07, 6.45) is 8.28. The third-order valence-electron chi connectivity index (χ3n) is 4.13. The number of hydrogen-bond donors (Lipinski definition) is 1. The molecule has 2 rings (SSSR count). The first-order chi connectivity index (χ1) is 6.05. The van der Waals surface area contributed by atoms with Gasteiger partial charge in [0.1, 0.15) is 0 Å². The van der Waals surface area contributed by atoms with Crippen LogP contribution >= 0.6 is 0 Å². The van der Waals surface area contributed by atoms with E-state index in [2.05, 4.69) is 0 Å². The normalized spacial score (nSPS) is 40.4. The molecule has 0 aromatic heterocycles. The minimum absolute atomic E-state index is 0.436. The lowest BCUT2D eigenvalue weighted by molar-refractivity contribution is -0.0313. The Kier molecular flexibility index (Phi) is 2.39. The lowest BCUT2D eigenvalue weighted by Crippen LogP contribution is -2.38. The molecule has 13 heavy (non-hydrogen) atoms. The van der Waals surface area contributed by atoms with Crippen molar-refractivity contribution in [3.05, 3.63) is 0 Å². The quantitative estimate of drug-likeness (QED) is 0.661. The number of aliphatic hydroxyl groups is 1. The number of hydrogen-bond acceptors (Lipinski definition) is 1. The Hall–Kier alpha value is -0.0400. The predicted octanol–water partition coefficient (Wildman–Crippen LogP) is 2.97. The van der Waals surface area contributed by atoms with Crippen LogP contribution in [0.1, 0.15) is 52.4 Å². The Morgan fingerprint density at radius 1 is 1.00 bits per heavy atom. The molecule has 0 spiro atoms. The van der Waals surface area contributed by atoms with Crippen molar-refractivity contribution in [2.75, 3.05) is 0 Å². The average Bonchev–Trinajstić information content (AvgIpc) is 2.01. The van der Waals surface area contributed by atoms with Crippen LogP contribution in [0.5, 0.6) is 0 Å². The maximum Gasteiger partial charge on any atom is 0.0620 e. The highest BCUT2D eigenvalue weighted by Crippen LogP contribution is 2.45. The fourth-order valence-electron chi connectivity index (χ4n) is 3.31. The van der Waals surface area contributed by atoms with Crippen molar-refractivity contribution < 1.29 is 5.11 Å². The minimum atomic E-state index is -0.436. The summed E-state index contributed by atoms with van der Waals surface area (Å²) in [5.41, 5.74) is -0.436. The molecule has 76 valence electrons. The van der Waals surface area contributed by atoms with Gasteiger partial charge in [-0.25, -0.2) is 0 Å². The van der Waals surface area contributed by atoms with Crippen LogP contribution < -0.4 is 0 Å². The van der Waals surface area contributed by atoms with Gasteiger partial charge in [0.15, 0.2) is 0 Å². The maximum atomic E-state index is 10.00. The molecule has 2 atom stereocenters. The lowest BCUT2D eigenvalue weighted by atomic mass is 9.64. The van der Waals surface area contributed by atoms with Crippen LogP contribution in [0, 0.1) is 17.8 Å². The van der Waals surface area contributed by atoms with Gasteiger partial charge < -0.3 is 5.11 Å². The van der Waals surface area contributed by atoms with Gasteiger partial charge in [0.05, 0.1) is 5.60 Å². The Morgan fingerprint density at radius 3 is 2.00 bits per heavy atom. The van der Waals surface area contributed by atoms with Crippen LogP contribution in [0.15, 0.2) is 0 Å². The third-order valence-corrected chi connectivity index (χ3v) is 4.13. The summed E-state index contributed by atoms with van der Waals surface area (Å²) in [7, 11) is 0. The topological polar surface area (TPSA) is 20.2 Å². The molecule has 1 nitrogen and oxygen atoms in total. The van der Waals surface area contributed by atoms with E-state index in [-0.39, 0.29) is 0 Å². The fraction of sp³-hybridized carbons (Fsp3) is 1.00. The monoisotopic (exact) mass is 182 g/mol. The van der Waals surface area contributed by atoms with Gasteiger partial charge in [-0.3, -0.25) is 0 Å². The van der Waals surface area contributed by atoms with Crippen LogP contribution in [0.2, 0.25) is 0 Å². The van der Waals surface area contributed by atoms with E-state index < -0.39 is 5.60 Å². The summed E-state index contributed by atoms with van der Waals surface area (Å²) >= 11 is 0. The number of rotatable bonds is 1. The molecular weight excluding hydrogens is 160 g/mol. The van der Waals surface area contributed by atoms with Gasteiger partial charge in [-0.2, -0.15) is 0 Å². The van der Waals surface area contributed by atoms with Crippen LogP contribution in [0.3, 0.4) is 0 Å². The van der Waals surface area contributed by atoms with Crippen LogP contribution in [-0.4, -0.2) is 10.7 Å². The second-order valence-corrected chi connectivity index (χ2v) is 5.72. The van der Waals surface area contributed by atoms with Gasteiger partial charge >= 0.3 is 0 Å². The van der Waals surface area contributed by atoms with E-state index in [4.69, 9.17) is 0 Å². The van der Waals surface area contributed by atoms with Gasteiger partial charge in [-0.15, -0.1) is 0 Å². The molecule has 0 radical (unpaired) electrons. The van der Waals surface area contributed by atoms with Crippen LogP contribution in [0.4, 0.5) is 0 Å². The molecule has 2 aliphatic rings. The summed E-state index contributed by atoms with van der Waals surface area (Å²) in [6.45, 7) is 3.97. The molecule has 2 bridgehead atoms. The van der Waals surface area contributed by atoms with Crippen molar-refractivity contribution >= 4 is 0 Å². The van der Waals surface area contributed by atoms with E-state index in [0.717, 1.165) is 11.8 Å². The van der Waals surface area contributed by atoms with Gasteiger partial charge in [0.25, 0.3) is 0 Å². The van der Waals surface area contributed by atoms with Crippen molar-refractivity contribution in [1.29, 1.82) is 0 Å². The van der Waals surface area contributed by atoms with E-state index in [1.807, 2.05) is 13.8 Å². The van der Waals surface area contributed by atoms with E-state index in [9.17, 15) is 5.11 Å². The molecule has 2 fully saturated rings. The van der Waals surface area contributed by atoms with Gasteiger partial charge in [0, 0.05) is 0 Å². The Labute approximate surface area is 81.5 Å². The summed E-state index contributed by atoms with van der Waals surface area (Å²) in [5.74, 6) is 2.43. The predicted molar refractivity (Wildman–Crippen MR) is 54.5 cm³/mol. The molecule has 2 saturated carbocycles. The first kappa shape index (κ1) is 9.51. The highest BCUT2D eigenvalue weighted by molar-refractivity contribution is 4.89. The summed E-state index contributed by atoms with van der Waals surface area (Å²) in [4.78, 5) is 0. The molecule has 0 amide bonds. The largest absolute Gasteiger partial charge is 0.390 e. The molecule has 0 aromatic rings. The molecule has 0 aliphatic heterocycles. The summed E-state index contributed by atoms with van der Waals surface area (Å²) < 4.78 is 0. The number of fused-ring (bicyclic) bond motifs is 2. The average molecular weight is 182 g/mol. The molecule has 2 unspecified atom stereocenters. The van der Waals surface area contributed by atoms with Crippen LogP contribution in [0.25, 0.3) is 0 Å². The molecule has 0 saturated heterocycles. The highest BCUT2D eigenvalue weighted by atomic mass is 16.3. The van der Waals surface area contributed by atoms with Gasteiger partial charge in [-0.1, -0.05) is 19.3 Å². The molecule has 0 heterocycles. The summed E-state index contributed by atoms with van der Waals surface area (Å²) in [6, 6.07) is 0. The first-order valence-electron chi connectivity index (χ1n) is 5.78. The second kappa shape index (κ2) is 3.27. The Morgan fingerprint density at radius 2 is 1.54 bits per heavy atom. The van der Waals surface area contributed by atoms with Gasteiger partial charge in [0.2, 0.25) is 0 Å². The maximum absolute atomic E-state index is 10.00. The zero-order valence-corrected chi connectivity index (χ0v) is 8.92. The molecular formula is C12H22O. The SMILES string of the molecule is CC(C)(O)C1CC2CCCC(C2)C1. The first-order valence-corrected chi connectivity index (χ1v) is 5.78. The van der Waals surface area contributed by atoms with Gasteiger partial charge in [-0.05, 0) is 50.9 Å². The van der Waals surface area contributed by atoms with Crippen molar-refractivity contribution in [3.8, 4) is 0 Å². The molecule has 2 aliphatic carbocycles. The van der Waals surface area contributed by atoms with Crippen molar-refractivity contribution in [2.45, 2.75) is 58.0 Å². The lowest BCUT2D eigenvalue weighted by Gasteiger charge is -2.43. The zero-order chi connectivity index (χ0) is 9.47. The van der Waals surface area contributed by atoms with Crippen molar-refractivity contribution in [2.24, 2.45) is 17.8 Å². The standard InChI is InChI=1S/C12H22O/c1-12(2,13)11-7-9-4-3-5-10(6-9)8-11/h9-11,13H,3-8H2,1-2H3. The van der Waals surface area contributed by atoms with E-state index in [1.165, 1.54) is 38.5 Å². The smallest absolute Gasteiger partial charge is 0.0620 e. The summed E-state index contributed by atoms with van der Waals surface area (Å²) in [5, 5.41) is 10.00. The minimum Gasteiger partial charge on any atom is -0.390 e. The van der Waals surface area contributed by atoms with E-state index in [1.54, 1.807) is 0 Å². The fourth-order valence-corrected chi connectivity index (χ4v) is 3.31. The van der Waals surface area contributed by atoms with Crippen molar-refractivity contribution in [1.82, 2.24) is 0 Å². The molecule has 1 heteroatoms. The zero-order valence-electron chi connectivity index (χ0n) is 8.92. The van der Waals surface area contributed by atoms with Crippen molar-refractivity contribution in [3.63, 3.8) is 0 Å². The van der Waals surface area contributed by atoms with E-state index in [0.29, 0.717) is 5.92 Å². The highest BCUT2D eigenvalue weighted by Gasteiger charge is 2.37. The van der Waals surface area contributed by atoms with Crippen LogP contribution in [-0.2, 0) is 0 Å². The Balaban J connectivity index is 2.01. The molecule has 0 aromatic carbocycles. The third kappa shape index (κ3) is 2.07.